The van der Waals surface area contributed by atoms with Gasteiger partial charge in [0.2, 0.25) is 11.8 Å². The fraction of sp³-hybridized carbons (Fsp3) is 0.273. The zero-order valence-electron chi connectivity index (χ0n) is 10.1. The summed E-state index contributed by atoms with van der Waals surface area (Å²) in [6.45, 7) is -2.90. The largest absolute Gasteiger partial charge is 0.480 e. The number of aromatic nitrogens is 3. The van der Waals surface area contributed by atoms with Gasteiger partial charge in [0.1, 0.15) is 5.02 Å². The average molecular weight is 290 g/mol. The molecule has 0 aliphatic carbocycles. The minimum absolute atomic E-state index is 0.0445. The van der Waals surface area contributed by atoms with E-state index in [0.717, 1.165) is 0 Å². The molecule has 0 fully saturated rings. The lowest BCUT2D eigenvalue weighted by Gasteiger charge is -2.02. The lowest BCUT2D eigenvalue weighted by atomic mass is 10.2. The summed E-state index contributed by atoms with van der Waals surface area (Å²) in [5.74, 6) is 0.238. The molecule has 2 heterocycles. The summed E-state index contributed by atoms with van der Waals surface area (Å²) >= 11 is 5.94. The molecule has 102 valence electrons. The first-order valence-electron chi connectivity index (χ1n) is 5.20. The third-order valence-corrected chi connectivity index (χ3v) is 2.61. The highest BCUT2D eigenvalue weighted by Crippen LogP contribution is 2.29. The number of methoxy groups -OCH3 is 1. The summed E-state index contributed by atoms with van der Waals surface area (Å²) in [7, 11) is 2.95. The molecule has 8 heteroatoms. The summed E-state index contributed by atoms with van der Waals surface area (Å²) in [4.78, 5) is 3.98. The predicted octanol–water partition coefficient (Wildman–Crippen LogP) is 2.75. The van der Waals surface area contributed by atoms with E-state index in [2.05, 4.69) is 14.8 Å². The van der Waals surface area contributed by atoms with Crippen LogP contribution in [0.15, 0.2) is 18.3 Å². The van der Waals surface area contributed by atoms with Crippen molar-refractivity contribution in [3.05, 3.63) is 23.4 Å². The number of ether oxygens (including phenoxy) is 2. The van der Waals surface area contributed by atoms with E-state index in [1.165, 1.54) is 31.1 Å². The van der Waals surface area contributed by atoms with E-state index < -0.39 is 6.61 Å². The van der Waals surface area contributed by atoms with E-state index in [1.807, 2.05) is 0 Å². The van der Waals surface area contributed by atoms with Crippen LogP contribution in [0, 0.1) is 0 Å². The van der Waals surface area contributed by atoms with Crippen molar-refractivity contribution in [1.29, 1.82) is 0 Å². The van der Waals surface area contributed by atoms with Crippen molar-refractivity contribution >= 4 is 11.6 Å². The van der Waals surface area contributed by atoms with Crippen molar-refractivity contribution in [2.24, 2.45) is 7.05 Å². The van der Waals surface area contributed by atoms with Gasteiger partial charge in [-0.25, -0.2) is 9.67 Å². The van der Waals surface area contributed by atoms with E-state index in [0.29, 0.717) is 16.3 Å². The van der Waals surface area contributed by atoms with Gasteiger partial charge >= 0.3 is 6.61 Å². The van der Waals surface area contributed by atoms with Crippen LogP contribution in [0.25, 0.3) is 11.3 Å². The smallest absolute Gasteiger partial charge is 0.388 e. The van der Waals surface area contributed by atoms with Crippen molar-refractivity contribution in [2.75, 3.05) is 7.11 Å². The first kappa shape index (κ1) is 13.5. The molecule has 0 radical (unpaired) electrons. The third kappa shape index (κ3) is 2.93. The summed E-state index contributed by atoms with van der Waals surface area (Å²) in [5.41, 5.74) is 1.00. The second-order valence-electron chi connectivity index (χ2n) is 3.59. The Hall–Kier alpha value is -1.89. The molecule has 5 nitrogen and oxygen atoms in total. The number of hydrogen-bond acceptors (Lipinski definition) is 4. The summed E-state index contributed by atoms with van der Waals surface area (Å²) < 4.78 is 34.8. The molecule has 0 atom stereocenters. The standard InChI is InChI=1S/C11H10ClF2N3O2/c1-17-9(19-11(13)14)4-8(16-17)6-3-7(12)10(18-2)15-5-6/h3-5,11H,1-2H3. The molecule has 0 bridgehead atoms. The van der Waals surface area contributed by atoms with Crippen LogP contribution >= 0.6 is 11.6 Å². The lowest BCUT2D eigenvalue weighted by molar-refractivity contribution is -0.0553. The van der Waals surface area contributed by atoms with Crippen LogP contribution in [0.2, 0.25) is 5.02 Å². The monoisotopic (exact) mass is 289 g/mol. The Labute approximate surface area is 112 Å². The number of hydrogen-bond donors (Lipinski definition) is 0. The van der Waals surface area contributed by atoms with E-state index in [9.17, 15) is 8.78 Å². The molecule has 0 aliphatic heterocycles. The normalized spacial score (nSPS) is 10.8. The highest BCUT2D eigenvalue weighted by molar-refractivity contribution is 6.32. The van der Waals surface area contributed by atoms with E-state index >= 15 is 0 Å². The SMILES string of the molecule is COc1ncc(-c2cc(OC(F)F)n(C)n2)cc1Cl. The maximum absolute atomic E-state index is 12.2. The molecule has 2 aromatic heterocycles. The summed E-state index contributed by atoms with van der Waals surface area (Å²) in [5, 5.41) is 4.36. The fourth-order valence-corrected chi connectivity index (χ4v) is 1.75. The highest BCUT2D eigenvalue weighted by Gasteiger charge is 2.14. The van der Waals surface area contributed by atoms with Gasteiger partial charge in [-0.1, -0.05) is 11.6 Å². The molecule has 0 amide bonds. The van der Waals surface area contributed by atoms with E-state index in [-0.39, 0.29) is 11.8 Å². The van der Waals surface area contributed by atoms with Gasteiger partial charge in [-0.3, -0.25) is 0 Å². The minimum Gasteiger partial charge on any atom is -0.480 e. The molecule has 0 N–H and O–H groups in total. The Morgan fingerprint density at radius 2 is 2.11 bits per heavy atom. The molecule has 2 rings (SSSR count). The van der Waals surface area contributed by atoms with E-state index in [1.54, 1.807) is 6.07 Å². The maximum atomic E-state index is 12.2. The van der Waals surface area contributed by atoms with Crippen molar-refractivity contribution in [2.45, 2.75) is 6.61 Å². The Bertz CT molecular complexity index is 589. The van der Waals surface area contributed by atoms with Gasteiger partial charge in [0, 0.05) is 24.9 Å². The van der Waals surface area contributed by atoms with Crippen LogP contribution in [-0.4, -0.2) is 28.5 Å². The molecule has 19 heavy (non-hydrogen) atoms. The first-order chi connectivity index (χ1) is 9.01. The van der Waals surface area contributed by atoms with Gasteiger partial charge in [-0.2, -0.15) is 13.9 Å². The molecular weight excluding hydrogens is 280 g/mol. The molecule has 0 unspecified atom stereocenters. The minimum atomic E-state index is -2.90. The number of rotatable bonds is 4. The maximum Gasteiger partial charge on any atom is 0.388 e. The van der Waals surface area contributed by atoms with Crippen LogP contribution in [0.5, 0.6) is 11.8 Å². The molecule has 0 saturated carbocycles. The molecule has 0 saturated heterocycles. The second-order valence-corrected chi connectivity index (χ2v) is 3.99. The molecular formula is C11H10ClF2N3O2. The highest BCUT2D eigenvalue weighted by atomic mass is 35.5. The molecule has 0 spiro atoms. The van der Waals surface area contributed by atoms with Crippen LogP contribution in [-0.2, 0) is 7.05 Å². The Morgan fingerprint density at radius 3 is 2.68 bits per heavy atom. The quantitative estimate of drug-likeness (QED) is 0.868. The Morgan fingerprint density at radius 1 is 1.37 bits per heavy atom. The topological polar surface area (TPSA) is 49.2 Å². The average Bonchev–Trinajstić information content (AvgIpc) is 2.70. The lowest BCUT2D eigenvalue weighted by Crippen LogP contribution is -2.05. The van der Waals surface area contributed by atoms with Crippen LogP contribution < -0.4 is 9.47 Å². The Kier molecular flexibility index (Phi) is 3.84. The number of nitrogens with zero attached hydrogens (tertiary/aromatic N) is 3. The van der Waals surface area contributed by atoms with Crippen molar-refractivity contribution in [1.82, 2.24) is 14.8 Å². The third-order valence-electron chi connectivity index (χ3n) is 2.34. The fourth-order valence-electron chi connectivity index (χ4n) is 1.51. The van der Waals surface area contributed by atoms with Gasteiger partial charge in [0.25, 0.3) is 0 Å². The van der Waals surface area contributed by atoms with Crippen LogP contribution in [0.1, 0.15) is 0 Å². The first-order valence-corrected chi connectivity index (χ1v) is 5.58. The van der Waals surface area contributed by atoms with Gasteiger partial charge in [0.05, 0.1) is 12.8 Å². The number of aryl methyl sites for hydroxylation is 1. The number of halogens is 3. The summed E-state index contributed by atoms with van der Waals surface area (Å²) in [6.07, 6.45) is 1.49. The van der Waals surface area contributed by atoms with Gasteiger partial charge in [0.15, 0.2) is 0 Å². The molecule has 0 aromatic carbocycles. The van der Waals surface area contributed by atoms with Crippen molar-refractivity contribution in [3.63, 3.8) is 0 Å². The predicted molar refractivity (Wildman–Crippen MR) is 64.6 cm³/mol. The summed E-state index contributed by atoms with van der Waals surface area (Å²) in [6, 6.07) is 2.97. The van der Waals surface area contributed by atoms with Crippen molar-refractivity contribution < 1.29 is 18.3 Å². The van der Waals surface area contributed by atoms with Gasteiger partial charge in [-0.15, -0.1) is 0 Å². The van der Waals surface area contributed by atoms with Crippen molar-refractivity contribution in [3.8, 4) is 23.0 Å². The van der Waals surface area contributed by atoms with Crippen LogP contribution in [0.3, 0.4) is 0 Å². The van der Waals surface area contributed by atoms with Gasteiger partial charge in [-0.05, 0) is 6.07 Å². The number of pyridine rings is 1. The second kappa shape index (κ2) is 5.40. The van der Waals surface area contributed by atoms with Crippen LogP contribution in [0.4, 0.5) is 8.78 Å². The zero-order chi connectivity index (χ0) is 14.0. The molecule has 0 aliphatic rings. The van der Waals surface area contributed by atoms with E-state index in [4.69, 9.17) is 16.3 Å². The zero-order valence-corrected chi connectivity index (χ0v) is 10.9. The Balaban J connectivity index is 2.34. The molecule has 2 aromatic rings. The number of alkyl halides is 2. The van der Waals surface area contributed by atoms with Gasteiger partial charge < -0.3 is 9.47 Å².